The Labute approximate surface area is 91.5 Å². The molecule has 0 bridgehead atoms. The monoisotopic (exact) mass is 208 g/mol. The molecule has 1 aromatic rings. The van der Waals surface area contributed by atoms with Crippen molar-refractivity contribution in [1.29, 1.82) is 0 Å². The Morgan fingerprint density at radius 2 is 2.27 bits per heavy atom. The van der Waals surface area contributed by atoms with Crippen LogP contribution in [-0.2, 0) is 18.3 Å². The summed E-state index contributed by atoms with van der Waals surface area (Å²) in [6.07, 6.45) is 5.46. The molecule has 0 saturated carbocycles. The molecule has 1 rings (SSSR count). The van der Waals surface area contributed by atoms with Crippen LogP contribution >= 0.6 is 0 Å². The van der Waals surface area contributed by atoms with Gasteiger partial charge < -0.3 is 9.88 Å². The van der Waals surface area contributed by atoms with Gasteiger partial charge in [-0.25, -0.2) is 0 Å². The van der Waals surface area contributed by atoms with Crippen LogP contribution in [0.15, 0.2) is 18.5 Å². The summed E-state index contributed by atoms with van der Waals surface area (Å²) in [5, 5.41) is 2.92. The molecule has 84 valence electrons. The largest absolute Gasteiger partial charge is 0.357 e. The molecule has 0 unspecified atom stereocenters. The van der Waals surface area contributed by atoms with Crippen molar-refractivity contribution in [1.82, 2.24) is 9.88 Å². The van der Waals surface area contributed by atoms with Crippen molar-refractivity contribution >= 4 is 5.91 Å². The molecule has 1 heterocycles. The van der Waals surface area contributed by atoms with E-state index in [4.69, 9.17) is 0 Å². The van der Waals surface area contributed by atoms with Crippen LogP contribution in [0.5, 0.6) is 0 Å². The van der Waals surface area contributed by atoms with Crippen molar-refractivity contribution in [3.63, 3.8) is 0 Å². The summed E-state index contributed by atoms with van der Waals surface area (Å²) in [5.41, 5.74) is 1.07. The molecule has 3 nitrogen and oxygen atoms in total. The smallest absolute Gasteiger partial charge is 0.224 e. The highest BCUT2D eigenvalue weighted by atomic mass is 16.1. The number of aromatic nitrogens is 1. The highest BCUT2D eigenvalue weighted by Gasteiger charge is 2.03. The van der Waals surface area contributed by atoms with Crippen molar-refractivity contribution in [2.45, 2.75) is 26.7 Å². The van der Waals surface area contributed by atoms with Gasteiger partial charge in [-0.15, -0.1) is 0 Å². The summed E-state index contributed by atoms with van der Waals surface area (Å²) in [4.78, 5) is 11.5. The van der Waals surface area contributed by atoms with Crippen molar-refractivity contribution in [3.8, 4) is 0 Å². The van der Waals surface area contributed by atoms with E-state index in [0.717, 1.165) is 18.5 Å². The van der Waals surface area contributed by atoms with Gasteiger partial charge in [-0.3, -0.25) is 4.79 Å². The van der Waals surface area contributed by atoms with Crippen LogP contribution in [0.25, 0.3) is 0 Å². The van der Waals surface area contributed by atoms with Crippen LogP contribution in [0.2, 0.25) is 0 Å². The molecule has 15 heavy (non-hydrogen) atoms. The number of hydrogen-bond donors (Lipinski definition) is 1. The number of aryl methyl sites for hydroxylation is 1. The summed E-state index contributed by atoms with van der Waals surface area (Å²) < 4.78 is 1.96. The fourth-order valence-electron chi connectivity index (χ4n) is 1.41. The lowest BCUT2D eigenvalue weighted by molar-refractivity contribution is -0.120. The molecule has 0 atom stereocenters. The van der Waals surface area contributed by atoms with E-state index < -0.39 is 0 Å². The van der Waals surface area contributed by atoms with Crippen molar-refractivity contribution in [2.24, 2.45) is 13.0 Å². The van der Waals surface area contributed by atoms with Crippen LogP contribution in [0.1, 0.15) is 25.8 Å². The molecule has 0 aliphatic rings. The number of carbonyl (C=O) groups excluding carboxylic acids is 1. The highest BCUT2D eigenvalue weighted by molar-refractivity contribution is 5.78. The lowest BCUT2D eigenvalue weighted by atomic mass is 10.1. The van der Waals surface area contributed by atoms with E-state index in [0.29, 0.717) is 12.3 Å². The van der Waals surface area contributed by atoms with E-state index in [2.05, 4.69) is 19.2 Å². The highest BCUT2D eigenvalue weighted by Crippen LogP contribution is 2.01. The van der Waals surface area contributed by atoms with Gasteiger partial charge in [-0.05, 0) is 24.0 Å². The third-order valence-electron chi connectivity index (χ3n) is 2.30. The second-order valence-electron chi connectivity index (χ2n) is 4.39. The Hall–Kier alpha value is -1.25. The maximum atomic E-state index is 11.5. The molecular weight excluding hydrogens is 188 g/mol. The first-order chi connectivity index (χ1) is 7.08. The minimum Gasteiger partial charge on any atom is -0.357 e. The van der Waals surface area contributed by atoms with Gasteiger partial charge in [0.1, 0.15) is 0 Å². The van der Waals surface area contributed by atoms with E-state index in [1.165, 1.54) is 0 Å². The maximum absolute atomic E-state index is 11.5. The number of carbonyl (C=O) groups is 1. The molecule has 0 aromatic carbocycles. The zero-order valence-electron chi connectivity index (χ0n) is 9.79. The quantitative estimate of drug-likeness (QED) is 0.785. The molecule has 0 fully saturated rings. The Bertz CT molecular complexity index is 315. The van der Waals surface area contributed by atoms with Crippen molar-refractivity contribution < 1.29 is 4.79 Å². The average Bonchev–Trinajstić information content (AvgIpc) is 2.50. The van der Waals surface area contributed by atoms with Crippen LogP contribution in [-0.4, -0.2) is 17.0 Å². The molecule has 1 aromatic heterocycles. The SMILES string of the molecule is CC(C)CCNC(=O)Cc1ccn(C)c1. The fraction of sp³-hybridized carbons (Fsp3) is 0.583. The van der Waals surface area contributed by atoms with Gasteiger partial charge >= 0.3 is 0 Å². The molecule has 1 N–H and O–H groups in total. The van der Waals surface area contributed by atoms with Crippen molar-refractivity contribution in [2.75, 3.05) is 6.54 Å². The number of hydrogen-bond acceptors (Lipinski definition) is 1. The number of rotatable bonds is 5. The molecule has 0 spiro atoms. The van der Waals surface area contributed by atoms with Gasteiger partial charge in [0.05, 0.1) is 6.42 Å². The molecule has 0 saturated heterocycles. The second-order valence-corrected chi connectivity index (χ2v) is 4.39. The van der Waals surface area contributed by atoms with Crippen LogP contribution in [0.4, 0.5) is 0 Å². The first-order valence-corrected chi connectivity index (χ1v) is 5.45. The van der Waals surface area contributed by atoms with Crippen LogP contribution in [0.3, 0.4) is 0 Å². The summed E-state index contributed by atoms with van der Waals surface area (Å²) in [6, 6.07) is 1.97. The normalized spacial score (nSPS) is 10.7. The van der Waals surface area contributed by atoms with Gasteiger partial charge in [-0.1, -0.05) is 13.8 Å². The van der Waals surface area contributed by atoms with E-state index in [1.807, 2.05) is 30.1 Å². The number of nitrogens with zero attached hydrogens (tertiary/aromatic N) is 1. The first-order valence-electron chi connectivity index (χ1n) is 5.45. The molecule has 0 aliphatic heterocycles. The molecule has 1 amide bonds. The Morgan fingerprint density at radius 1 is 1.53 bits per heavy atom. The third kappa shape index (κ3) is 4.68. The second kappa shape index (κ2) is 5.59. The number of nitrogens with one attached hydrogen (secondary N) is 1. The molecule has 0 radical (unpaired) electrons. The van der Waals surface area contributed by atoms with E-state index in [-0.39, 0.29) is 5.91 Å². The topological polar surface area (TPSA) is 34.0 Å². The summed E-state index contributed by atoms with van der Waals surface area (Å²) >= 11 is 0. The van der Waals surface area contributed by atoms with Crippen molar-refractivity contribution in [3.05, 3.63) is 24.0 Å². The molecular formula is C12H20N2O. The van der Waals surface area contributed by atoms with E-state index >= 15 is 0 Å². The van der Waals surface area contributed by atoms with Gasteiger partial charge in [0.15, 0.2) is 0 Å². The summed E-state index contributed by atoms with van der Waals surface area (Å²) in [6.45, 7) is 5.09. The zero-order valence-corrected chi connectivity index (χ0v) is 9.79. The zero-order chi connectivity index (χ0) is 11.3. The lowest BCUT2D eigenvalue weighted by Gasteiger charge is -2.06. The fourth-order valence-corrected chi connectivity index (χ4v) is 1.41. The Balaban J connectivity index is 2.24. The Kier molecular flexibility index (Phi) is 4.40. The van der Waals surface area contributed by atoms with Gasteiger partial charge in [0, 0.05) is 26.0 Å². The minimum absolute atomic E-state index is 0.113. The van der Waals surface area contributed by atoms with E-state index in [9.17, 15) is 4.79 Å². The van der Waals surface area contributed by atoms with E-state index in [1.54, 1.807) is 0 Å². The Morgan fingerprint density at radius 3 is 2.80 bits per heavy atom. The summed E-state index contributed by atoms with van der Waals surface area (Å²) in [5.74, 6) is 0.754. The van der Waals surface area contributed by atoms with Crippen LogP contribution < -0.4 is 5.32 Å². The van der Waals surface area contributed by atoms with Gasteiger partial charge in [0.25, 0.3) is 0 Å². The third-order valence-corrected chi connectivity index (χ3v) is 2.30. The average molecular weight is 208 g/mol. The van der Waals surface area contributed by atoms with Crippen LogP contribution in [0, 0.1) is 5.92 Å². The lowest BCUT2D eigenvalue weighted by Crippen LogP contribution is -2.26. The predicted molar refractivity (Wildman–Crippen MR) is 61.6 cm³/mol. The van der Waals surface area contributed by atoms with Gasteiger partial charge in [-0.2, -0.15) is 0 Å². The first kappa shape index (κ1) is 11.8. The molecule has 3 heteroatoms. The molecule has 0 aliphatic carbocycles. The van der Waals surface area contributed by atoms with Gasteiger partial charge in [0.2, 0.25) is 5.91 Å². The standard InChI is InChI=1S/C12H20N2O/c1-10(2)4-6-13-12(15)8-11-5-7-14(3)9-11/h5,7,9-10H,4,6,8H2,1-3H3,(H,13,15). The summed E-state index contributed by atoms with van der Waals surface area (Å²) in [7, 11) is 1.96. The predicted octanol–water partition coefficient (Wildman–Crippen LogP) is 1.73. The maximum Gasteiger partial charge on any atom is 0.224 e. The minimum atomic E-state index is 0.113. The number of amides is 1.